The smallest absolute Gasteiger partial charge is 0.292 e. The molecule has 0 saturated carbocycles. The number of benzene rings is 2. The van der Waals surface area contributed by atoms with Crippen LogP contribution in [0.4, 0.5) is 32.8 Å². The summed E-state index contributed by atoms with van der Waals surface area (Å²) in [5.41, 5.74) is 11.4. The lowest BCUT2D eigenvalue weighted by molar-refractivity contribution is -0.384. The Morgan fingerprint density at radius 3 is 1.93 bits per heavy atom. The molecular weight excluding hydrogens is 361 g/mol. The van der Waals surface area contributed by atoms with Gasteiger partial charge in [-0.15, -0.1) is 0 Å². The molecular formula is C16H18FN5O5. The summed E-state index contributed by atoms with van der Waals surface area (Å²) in [7, 11) is 0. The Hall–Kier alpha value is -3.47. The van der Waals surface area contributed by atoms with Crippen LogP contribution in [0.2, 0.25) is 0 Å². The average molecular weight is 379 g/mol. The van der Waals surface area contributed by atoms with Crippen molar-refractivity contribution in [2.24, 2.45) is 0 Å². The molecule has 0 atom stereocenters. The SMILES string of the molecule is Nc1cc(F)ccc1[N+](=O)[O-].Nc1cc(N2CCOCC2)ccc1[N+](=O)[O-]. The van der Waals surface area contributed by atoms with Gasteiger partial charge in [-0.25, -0.2) is 4.39 Å². The van der Waals surface area contributed by atoms with Crippen LogP contribution in [-0.4, -0.2) is 36.1 Å². The monoisotopic (exact) mass is 379 g/mol. The number of hydrogen-bond acceptors (Lipinski definition) is 8. The second-order valence-electron chi connectivity index (χ2n) is 5.56. The van der Waals surface area contributed by atoms with Gasteiger partial charge in [-0.05, 0) is 18.2 Å². The number of rotatable bonds is 3. The number of hydrogen-bond donors (Lipinski definition) is 2. The van der Waals surface area contributed by atoms with Gasteiger partial charge in [0.1, 0.15) is 17.2 Å². The summed E-state index contributed by atoms with van der Waals surface area (Å²) in [6, 6.07) is 7.75. The number of nitrogens with two attached hydrogens (primary N) is 2. The van der Waals surface area contributed by atoms with Crippen LogP contribution in [0.3, 0.4) is 0 Å². The second kappa shape index (κ2) is 8.76. The fourth-order valence-corrected chi connectivity index (χ4v) is 2.42. The Balaban J connectivity index is 0.000000208. The molecule has 0 aromatic heterocycles. The van der Waals surface area contributed by atoms with Crippen LogP contribution >= 0.6 is 0 Å². The highest BCUT2D eigenvalue weighted by Crippen LogP contribution is 2.27. The van der Waals surface area contributed by atoms with Crippen molar-refractivity contribution in [1.82, 2.24) is 0 Å². The van der Waals surface area contributed by atoms with Crippen LogP contribution in [0.1, 0.15) is 0 Å². The molecule has 0 radical (unpaired) electrons. The van der Waals surface area contributed by atoms with E-state index in [2.05, 4.69) is 4.90 Å². The molecule has 0 bridgehead atoms. The third kappa shape index (κ3) is 5.25. The summed E-state index contributed by atoms with van der Waals surface area (Å²) in [4.78, 5) is 21.7. The lowest BCUT2D eigenvalue weighted by Gasteiger charge is -2.28. The van der Waals surface area contributed by atoms with Gasteiger partial charge in [-0.3, -0.25) is 20.2 Å². The van der Waals surface area contributed by atoms with Gasteiger partial charge in [-0.1, -0.05) is 0 Å². The van der Waals surface area contributed by atoms with Gasteiger partial charge in [0.25, 0.3) is 11.4 Å². The minimum atomic E-state index is -0.658. The predicted octanol–water partition coefficient (Wildman–Crippen LogP) is 2.33. The zero-order valence-electron chi connectivity index (χ0n) is 14.2. The fraction of sp³-hybridized carbons (Fsp3) is 0.250. The molecule has 2 aromatic carbocycles. The largest absolute Gasteiger partial charge is 0.393 e. The Morgan fingerprint density at radius 1 is 0.926 bits per heavy atom. The van der Waals surface area contributed by atoms with Gasteiger partial charge in [-0.2, -0.15) is 0 Å². The van der Waals surface area contributed by atoms with E-state index < -0.39 is 15.7 Å². The van der Waals surface area contributed by atoms with E-state index in [1.165, 1.54) is 6.07 Å². The van der Waals surface area contributed by atoms with Crippen LogP contribution in [0.15, 0.2) is 36.4 Å². The van der Waals surface area contributed by atoms with E-state index in [0.717, 1.165) is 37.0 Å². The highest BCUT2D eigenvalue weighted by Gasteiger charge is 2.16. The van der Waals surface area contributed by atoms with Crippen molar-refractivity contribution >= 4 is 28.4 Å². The van der Waals surface area contributed by atoms with E-state index in [9.17, 15) is 24.6 Å². The average Bonchev–Trinajstić information content (AvgIpc) is 2.62. The predicted molar refractivity (Wildman–Crippen MR) is 98.0 cm³/mol. The summed E-state index contributed by atoms with van der Waals surface area (Å²) >= 11 is 0. The van der Waals surface area contributed by atoms with Gasteiger partial charge in [0.05, 0.1) is 23.1 Å². The Kier molecular flexibility index (Phi) is 6.44. The molecule has 4 N–H and O–H groups in total. The van der Waals surface area contributed by atoms with Crippen molar-refractivity contribution in [2.45, 2.75) is 0 Å². The summed E-state index contributed by atoms with van der Waals surface area (Å²) in [6.07, 6.45) is 0. The Morgan fingerprint density at radius 2 is 1.44 bits per heavy atom. The van der Waals surface area contributed by atoms with Crippen molar-refractivity contribution in [1.29, 1.82) is 0 Å². The highest BCUT2D eigenvalue weighted by molar-refractivity contribution is 5.66. The number of nitrogen functional groups attached to an aromatic ring is 2. The fourth-order valence-electron chi connectivity index (χ4n) is 2.42. The maximum atomic E-state index is 12.3. The number of anilines is 3. The van der Waals surface area contributed by atoms with Gasteiger partial charge in [0.15, 0.2) is 0 Å². The van der Waals surface area contributed by atoms with Crippen LogP contribution < -0.4 is 16.4 Å². The van der Waals surface area contributed by atoms with Crippen molar-refractivity contribution in [3.8, 4) is 0 Å². The van der Waals surface area contributed by atoms with Crippen molar-refractivity contribution in [3.63, 3.8) is 0 Å². The molecule has 1 saturated heterocycles. The van der Waals surface area contributed by atoms with Crippen LogP contribution in [0, 0.1) is 26.0 Å². The van der Waals surface area contributed by atoms with Crippen LogP contribution in [0.25, 0.3) is 0 Å². The van der Waals surface area contributed by atoms with Crippen LogP contribution in [0.5, 0.6) is 0 Å². The van der Waals surface area contributed by atoms with E-state index in [0.29, 0.717) is 13.2 Å². The first kappa shape index (κ1) is 19.8. The number of nitrogens with zero attached hydrogens (tertiary/aromatic N) is 3. The number of ether oxygens (including phenoxy) is 1. The zero-order valence-corrected chi connectivity index (χ0v) is 14.2. The lowest BCUT2D eigenvalue weighted by Crippen LogP contribution is -2.36. The van der Waals surface area contributed by atoms with Gasteiger partial charge >= 0.3 is 0 Å². The summed E-state index contributed by atoms with van der Waals surface area (Å²) in [5.74, 6) is -0.576. The number of nitro benzene ring substituents is 2. The molecule has 2 aromatic rings. The molecule has 10 nitrogen and oxygen atoms in total. The minimum absolute atomic E-state index is 0.0444. The first-order valence-electron chi connectivity index (χ1n) is 7.85. The van der Waals surface area contributed by atoms with Crippen molar-refractivity contribution < 1.29 is 19.0 Å². The molecule has 27 heavy (non-hydrogen) atoms. The molecule has 0 unspecified atom stereocenters. The zero-order chi connectivity index (χ0) is 20.0. The van der Waals surface area contributed by atoms with E-state index >= 15 is 0 Å². The topological polar surface area (TPSA) is 151 Å². The molecule has 0 amide bonds. The molecule has 11 heteroatoms. The first-order valence-corrected chi connectivity index (χ1v) is 7.85. The molecule has 1 fully saturated rings. The van der Waals surface area contributed by atoms with Gasteiger partial charge in [0.2, 0.25) is 0 Å². The van der Waals surface area contributed by atoms with Crippen molar-refractivity contribution in [3.05, 3.63) is 62.4 Å². The molecule has 0 aliphatic carbocycles. The third-order valence-corrected chi connectivity index (χ3v) is 3.77. The number of morpholine rings is 1. The van der Waals surface area contributed by atoms with E-state index in [1.807, 2.05) is 0 Å². The second-order valence-corrected chi connectivity index (χ2v) is 5.56. The normalized spacial score (nSPS) is 13.4. The first-order chi connectivity index (χ1) is 12.8. The molecule has 3 rings (SSSR count). The summed E-state index contributed by atoms with van der Waals surface area (Å²) in [6.45, 7) is 2.93. The quantitative estimate of drug-likeness (QED) is 0.468. The Labute approximate surface area is 153 Å². The van der Waals surface area contributed by atoms with Gasteiger partial charge in [0, 0.05) is 37.0 Å². The summed E-state index contributed by atoms with van der Waals surface area (Å²) in [5, 5.41) is 20.7. The van der Waals surface area contributed by atoms with Crippen LogP contribution in [-0.2, 0) is 4.74 Å². The van der Waals surface area contributed by atoms with Gasteiger partial charge < -0.3 is 21.1 Å². The standard InChI is InChI=1S/C10H13N3O3.C6H5FN2O2/c11-9-7-8(1-2-10(9)13(14)15)12-3-5-16-6-4-12;7-4-1-2-6(9(10)11)5(8)3-4/h1-2,7H,3-6,11H2;1-3H,8H2. The van der Waals surface area contributed by atoms with E-state index in [1.54, 1.807) is 12.1 Å². The lowest BCUT2D eigenvalue weighted by atomic mass is 10.2. The molecule has 1 aliphatic heterocycles. The minimum Gasteiger partial charge on any atom is -0.393 e. The van der Waals surface area contributed by atoms with Crippen molar-refractivity contribution in [2.75, 3.05) is 42.7 Å². The van der Waals surface area contributed by atoms with E-state index in [-0.39, 0.29) is 22.7 Å². The maximum absolute atomic E-state index is 12.3. The number of halogens is 1. The molecule has 1 heterocycles. The van der Waals surface area contributed by atoms with E-state index in [4.69, 9.17) is 16.2 Å². The molecule has 1 aliphatic rings. The highest BCUT2D eigenvalue weighted by atomic mass is 19.1. The number of nitro groups is 2. The Bertz CT molecular complexity index is 842. The summed E-state index contributed by atoms with van der Waals surface area (Å²) < 4.78 is 17.5. The molecule has 0 spiro atoms. The third-order valence-electron chi connectivity index (χ3n) is 3.77. The maximum Gasteiger partial charge on any atom is 0.292 e. The molecule has 144 valence electrons.